The molecule has 1 aromatic carbocycles. The van der Waals surface area contributed by atoms with Gasteiger partial charge in [-0.05, 0) is 56.9 Å². The first-order valence-electron chi connectivity index (χ1n) is 7.15. The number of nitrogens with zero attached hydrogens (tertiary/aromatic N) is 1. The molecule has 2 N–H and O–H groups in total. The summed E-state index contributed by atoms with van der Waals surface area (Å²) < 4.78 is 12.0. The average molecular weight is 319 g/mol. The van der Waals surface area contributed by atoms with Crippen molar-refractivity contribution in [1.82, 2.24) is 0 Å². The Bertz CT molecular complexity index is 634. The molecule has 1 saturated heterocycles. The highest BCUT2D eigenvalue weighted by Gasteiger charge is 2.52. The van der Waals surface area contributed by atoms with Crippen LogP contribution < -0.4 is 5.73 Å². The van der Waals surface area contributed by atoms with Crippen LogP contribution in [0.4, 0.5) is 0 Å². The normalized spacial score (nSPS) is 20.0. The summed E-state index contributed by atoms with van der Waals surface area (Å²) in [5, 5.41) is 9.53. The van der Waals surface area contributed by atoms with E-state index in [-0.39, 0.29) is 0 Å². The van der Waals surface area contributed by atoms with Crippen molar-refractivity contribution in [2.24, 2.45) is 5.73 Å². The van der Waals surface area contributed by atoms with Crippen molar-refractivity contribution in [3.63, 3.8) is 0 Å². The van der Waals surface area contributed by atoms with Crippen molar-refractivity contribution in [2.75, 3.05) is 6.54 Å². The van der Waals surface area contributed by atoms with Crippen LogP contribution in [0.2, 0.25) is 5.02 Å². The van der Waals surface area contributed by atoms with E-state index in [4.69, 9.17) is 31.9 Å². The first-order valence-corrected chi connectivity index (χ1v) is 7.53. The van der Waals surface area contributed by atoms with Crippen LogP contribution >= 0.6 is 11.6 Å². The Balaban J connectivity index is 2.34. The van der Waals surface area contributed by atoms with Gasteiger partial charge >= 0.3 is 7.12 Å². The van der Waals surface area contributed by atoms with Crippen LogP contribution in [-0.2, 0) is 9.31 Å². The minimum absolute atomic E-state index is 0.297. The highest BCUT2D eigenvalue weighted by atomic mass is 35.5. The number of nitrogens with two attached hydrogens (primary N) is 1. The van der Waals surface area contributed by atoms with Crippen LogP contribution in [0.1, 0.15) is 38.8 Å². The minimum atomic E-state index is -0.500. The number of halogens is 1. The van der Waals surface area contributed by atoms with Crippen molar-refractivity contribution >= 4 is 24.8 Å². The highest BCUT2D eigenvalue weighted by Crippen LogP contribution is 2.38. The molecule has 0 amide bonds. The maximum atomic E-state index is 9.02. The Morgan fingerprint density at radius 3 is 2.36 bits per heavy atom. The number of benzene rings is 1. The van der Waals surface area contributed by atoms with E-state index in [1.807, 2.05) is 33.8 Å². The molecule has 0 spiro atoms. The third kappa shape index (κ3) is 3.36. The summed E-state index contributed by atoms with van der Waals surface area (Å²) in [5.74, 6) is 0. The molecule has 1 fully saturated rings. The molecule has 116 valence electrons. The molecule has 1 aromatic rings. The Labute approximate surface area is 137 Å². The van der Waals surface area contributed by atoms with Crippen LogP contribution in [0.25, 0.3) is 6.08 Å². The van der Waals surface area contributed by atoms with Gasteiger partial charge in [-0.3, -0.25) is 0 Å². The van der Waals surface area contributed by atoms with E-state index in [9.17, 15) is 0 Å². The molecule has 0 radical (unpaired) electrons. The highest BCUT2D eigenvalue weighted by molar-refractivity contribution is 6.55. The number of hydrogen-bond acceptors (Lipinski definition) is 4. The van der Waals surface area contributed by atoms with Crippen molar-refractivity contribution in [1.29, 1.82) is 5.26 Å². The average Bonchev–Trinajstić information content (AvgIpc) is 2.64. The van der Waals surface area contributed by atoms with Crippen LogP contribution in [0.15, 0.2) is 23.7 Å². The van der Waals surface area contributed by atoms with E-state index in [0.717, 1.165) is 11.0 Å². The van der Waals surface area contributed by atoms with Crippen molar-refractivity contribution < 1.29 is 9.31 Å². The van der Waals surface area contributed by atoms with E-state index in [2.05, 4.69) is 6.07 Å². The van der Waals surface area contributed by atoms with E-state index < -0.39 is 18.3 Å². The lowest BCUT2D eigenvalue weighted by Gasteiger charge is -2.32. The molecule has 1 aliphatic heterocycles. The summed E-state index contributed by atoms with van der Waals surface area (Å²) in [4.78, 5) is 0. The van der Waals surface area contributed by atoms with Gasteiger partial charge in [0.1, 0.15) is 0 Å². The Morgan fingerprint density at radius 2 is 1.86 bits per heavy atom. The van der Waals surface area contributed by atoms with Crippen LogP contribution in [0.5, 0.6) is 0 Å². The molecule has 0 aliphatic carbocycles. The minimum Gasteiger partial charge on any atom is -0.400 e. The molecule has 6 heteroatoms. The molecule has 0 saturated carbocycles. The molecule has 0 unspecified atom stereocenters. The largest absolute Gasteiger partial charge is 0.491 e. The van der Waals surface area contributed by atoms with Crippen LogP contribution in [-0.4, -0.2) is 24.9 Å². The monoisotopic (exact) mass is 318 g/mol. The zero-order valence-electron chi connectivity index (χ0n) is 13.3. The maximum absolute atomic E-state index is 9.02. The molecule has 0 aromatic heterocycles. The fourth-order valence-electron chi connectivity index (χ4n) is 2.19. The first kappa shape index (κ1) is 17.0. The molecular weight excluding hydrogens is 298 g/mol. The zero-order chi connectivity index (χ0) is 16.5. The van der Waals surface area contributed by atoms with E-state index in [1.54, 1.807) is 18.2 Å². The molecular formula is C16H20BClN2O2. The van der Waals surface area contributed by atoms with Gasteiger partial charge < -0.3 is 15.0 Å². The Hall–Kier alpha value is -1.32. The molecule has 0 atom stereocenters. The van der Waals surface area contributed by atoms with E-state index in [0.29, 0.717) is 17.1 Å². The predicted molar refractivity (Wildman–Crippen MR) is 89.3 cm³/mol. The van der Waals surface area contributed by atoms with Gasteiger partial charge in [-0.2, -0.15) is 5.26 Å². The summed E-state index contributed by atoms with van der Waals surface area (Å²) in [7, 11) is -0.500. The molecule has 1 heterocycles. The van der Waals surface area contributed by atoms with Crippen LogP contribution in [0.3, 0.4) is 0 Å². The molecule has 2 rings (SSSR count). The second-order valence-corrected chi connectivity index (χ2v) is 6.83. The van der Waals surface area contributed by atoms with Gasteiger partial charge in [0.2, 0.25) is 0 Å². The molecule has 4 nitrogen and oxygen atoms in total. The number of rotatable bonds is 3. The fourth-order valence-corrected chi connectivity index (χ4v) is 2.44. The van der Waals surface area contributed by atoms with Gasteiger partial charge in [-0.1, -0.05) is 17.7 Å². The third-order valence-electron chi connectivity index (χ3n) is 4.19. The standard InChI is InChI=1S/C16H20BClN2O2/c1-15(2)16(3,4)22-17(21-15)13(10-20)6-11-5-12(9-19)8-14(18)7-11/h5-8H,10,20H2,1-4H3. The predicted octanol–water partition coefficient (Wildman–Crippen LogP) is 3.19. The van der Waals surface area contributed by atoms with Crippen LogP contribution in [0, 0.1) is 11.3 Å². The smallest absolute Gasteiger partial charge is 0.400 e. The van der Waals surface area contributed by atoms with Crippen molar-refractivity contribution in [3.05, 3.63) is 39.8 Å². The number of hydrogen-bond donors (Lipinski definition) is 1. The van der Waals surface area contributed by atoms with E-state index >= 15 is 0 Å². The van der Waals surface area contributed by atoms with Gasteiger partial charge in [0.15, 0.2) is 0 Å². The van der Waals surface area contributed by atoms with Gasteiger partial charge in [0.25, 0.3) is 0 Å². The lowest BCUT2D eigenvalue weighted by atomic mass is 9.77. The Morgan fingerprint density at radius 1 is 1.27 bits per heavy atom. The van der Waals surface area contributed by atoms with Gasteiger partial charge in [0, 0.05) is 11.6 Å². The quantitative estimate of drug-likeness (QED) is 0.869. The lowest BCUT2D eigenvalue weighted by Crippen LogP contribution is -2.41. The maximum Gasteiger partial charge on any atom is 0.491 e. The summed E-state index contributed by atoms with van der Waals surface area (Å²) >= 11 is 6.03. The molecule has 1 aliphatic rings. The lowest BCUT2D eigenvalue weighted by molar-refractivity contribution is 0.00578. The summed E-state index contributed by atoms with van der Waals surface area (Å²) in [6, 6.07) is 7.25. The SMILES string of the molecule is CC1(C)OB(C(=Cc2cc(Cl)cc(C#N)c2)CN)OC1(C)C. The van der Waals surface area contributed by atoms with E-state index in [1.165, 1.54) is 0 Å². The molecule has 0 bridgehead atoms. The van der Waals surface area contributed by atoms with Gasteiger partial charge in [-0.25, -0.2) is 0 Å². The second-order valence-electron chi connectivity index (χ2n) is 6.40. The third-order valence-corrected chi connectivity index (χ3v) is 4.41. The number of nitriles is 1. The molecule has 22 heavy (non-hydrogen) atoms. The van der Waals surface area contributed by atoms with Crippen molar-refractivity contribution in [2.45, 2.75) is 38.9 Å². The summed E-state index contributed by atoms with van der Waals surface area (Å²) in [6.45, 7) is 8.27. The Kier molecular flexibility index (Phi) is 4.69. The zero-order valence-corrected chi connectivity index (χ0v) is 14.1. The second kappa shape index (κ2) is 6.06. The van der Waals surface area contributed by atoms with Gasteiger partial charge in [0.05, 0.1) is 22.8 Å². The topological polar surface area (TPSA) is 68.3 Å². The van der Waals surface area contributed by atoms with Gasteiger partial charge in [-0.15, -0.1) is 0 Å². The first-order chi connectivity index (χ1) is 10.2. The van der Waals surface area contributed by atoms with Crippen molar-refractivity contribution in [3.8, 4) is 6.07 Å². The summed E-state index contributed by atoms with van der Waals surface area (Å²) in [5.41, 5.74) is 7.14. The summed E-state index contributed by atoms with van der Waals surface area (Å²) in [6.07, 6.45) is 1.87. The fraction of sp³-hybridized carbons (Fsp3) is 0.438.